The molecule has 0 aliphatic rings. The second-order valence-corrected chi connectivity index (χ2v) is 7.85. The Bertz CT molecular complexity index is 430. The van der Waals surface area contributed by atoms with Crippen molar-refractivity contribution in [1.29, 1.82) is 0 Å². The topological polar surface area (TPSA) is 54.4 Å². The molecule has 0 heterocycles. The fraction of sp³-hybridized carbons (Fsp3) is 0.600. The number of unbranched alkanes of at least 4 members (excludes halogenated alkanes) is 5. The maximum Gasteiger partial charge on any atom is 0.264 e. The Morgan fingerprint density at radius 1 is 0.769 bits per heavy atom. The normalized spacial score (nSPS) is 10.7. The summed E-state index contributed by atoms with van der Waals surface area (Å²) >= 11 is 0. The summed E-state index contributed by atoms with van der Waals surface area (Å²) in [5.74, 6) is -0.0842. The lowest BCUT2D eigenvalue weighted by Gasteiger charge is -2.35. The summed E-state index contributed by atoms with van der Waals surface area (Å²) < 4.78 is 29.8. The van der Waals surface area contributed by atoms with Gasteiger partial charge in [0.1, 0.15) is 0 Å². The van der Waals surface area contributed by atoms with Gasteiger partial charge in [-0.25, -0.2) is 0 Å². The van der Waals surface area contributed by atoms with Crippen molar-refractivity contribution in [3.63, 3.8) is 0 Å². The lowest BCUT2D eigenvalue weighted by molar-refractivity contribution is -0.906. The smallest absolute Gasteiger partial charge is 0.264 e. The Hall–Kier alpha value is -1.24. The maximum absolute atomic E-state index is 10.3. The highest BCUT2D eigenvalue weighted by molar-refractivity contribution is 7.85. The van der Waals surface area contributed by atoms with Gasteiger partial charge in [0.15, 0.2) is 0 Å². The van der Waals surface area contributed by atoms with Crippen LogP contribution in [0.5, 0.6) is 0 Å². The molecule has 0 fully saturated rings. The summed E-state index contributed by atoms with van der Waals surface area (Å²) in [4.78, 5) is 0. The van der Waals surface area contributed by atoms with Gasteiger partial charge in [-0.05, 0) is 30.7 Å². The Balaban J connectivity index is -0.000000393. The van der Waals surface area contributed by atoms with E-state index in [4.69, 9.17) is 4.55 Å². The molecule has 0 aromatic rings. The number of halogens is 1. The highest BCUT2D eigenvalue weighted by Gasteiger charge is 2.20. The molecule has 0 bridgehead atoms. The van der Waals surface area contributed by atoms with Crippen LogP contribution in [0.4, 0.5) is 0 Å². The van der Waals surface area contributed by atoms with E-state index in [0.29, 0.717) is 6.42 Å². The van der Waals surface area contributed by atoms with E-state index in [0.717, 1.165) is 43.5 Å². The molecule has 26 heavy (non-hydrogen) atoms. The van der Waals surface area contributed by atoms with Crippen LogP contribution in [-0.4, -0.2) is 49.4 Å². The molecule has 1 N–H and O–H groups in total. The molecular formula is C20H38FNO3S. The van der Waals surface area contributed by atoms with E-state index in [9.17, 15) is 8.42 Å². The van der Waals surface area contributed by atoms with Gasteiger partial charge in [-0.1, -0.05) is 65.3 Å². The Morgan fingerprint density at radius 2 is 1.12 bits per heavy atom. The van der Waals surface area contributed by atoms with Crippen molar-refractivity contribution >= 4 is 10.1 Å². The third kappa shape index (κ3) is 19.1. The molecule has 0 aliphatic carbocycles. The lowest BCUT2D eigenvalue weighted by atomic mass is 10.1. The molecule has 0 amide bonds. The molecule has 0 saturated carbocycles. The standard InChI is InChI=1S/C12H20N.C8H18O3S.FH/c1-5-9-13(10-6-2,11-7-3)12-8-4;1-2-3-4-5-6-7-8-12(9,10)11;/h5-8H,1-4,9-12H2;2-8H2,1H3,(H,9,10,11);1H/q+1;;/p-1. The van der Waals surface area contributed by atoms with Crippen LogP contribution in [-0.2, 0) is 10.1 Å². The summed E-state index contributed by atoms with van der Waals surface area (Å²) in [5.41, 5.74) is 0. The van der Waals surface area contributed by atoms with E-state index in [1.165, 1.54) is 19.3 Å². The van der Waals surface area contributed by atoms with E-state index in [1.54, 1.807) is 0 Å². The van der Waals surface area contributed by atoms with Gasteiger partial charge in [-0.3, -0.25) is 4.55 Å². The van der Waals surface area contributed by atoms with Gasteiger partial charge >= 0.3 is 0 Å². The minimum atomic E-state index is -3.72. The van der Waals surface area contributed by atoms with Crippen molar-refractivity contribution in [2.24, 2.45) is 0 Å². The van der Waals surface area contributed by atoms with Crippen LogP contribution in [0.15, 0.2) is 50.6 Å². The van der Waals surface area contributed by atoms with Crippen molar-refractivity contribution in [3.8, 4) is 0 Å². The predicted molar refractivity (Wildman–Crippen MR) is 110 cm³/mol. The number of quaternary nitrogens is 1. The van der Waals surface area contributed by atoms with Crippen LogP contribution in [0.2, 0.25) is 0 Å². The van der Waals surface area contributed by atoms with Gasteiger partial charge in [0.05, 0.1) is 31.9 Å². The van der Waals surface area contributed by atoms with Crippen LogP contribution < -0.4 is 4.70 Å². The van der Waals surface area contributed by atoms with Crippen molar-refractivity contribution in [2.45, 2.75) is 45.4 Å². The van der Waals surface area contributed by atoms with Crippen LogP contribution in [0.1, 0.15) is 45.4 Å². The van der Waals surface area contributed by atoms with Crippen molar-refractivity contribution in [3.05, 3.63) is 50.6 Å². The van der Waals surface area contributed by atoms with Crippen LogP contribution in [0, 0.1) is 0 Å². The molecule has 0 spiro atoms. The van der Waals surface area contributed by atoms with E-state index in [-0.39, 0.29) is 10.5 Å². The molecule has 0 aromatic heterocycles. The first kappa shape index (κ1) is 29.5. The molecule has 0 saturated heterocycles. The number of hydrogen-bond donors (Lipinski definition) is 1. The Kier molecular flexibility index (Phi) is 21.1. The minimum Gasteiger partial charge on any atom is -1.00 e. The number of rotatable bonds is 15. The van der Waals surface area contributed by atoms with Gasteiger partial charge in [-0.15, -0.1) is 0 Å². The molecule has 154 valence electrons. The zero-order valence-electron chi connectivity index (χ0n) is 16.4. The lowest BCUT2D eigenvalue weighted by Crippen LogP contribution is -3.00. The molecule has 0 rings (SSSR count). The largest absolute Gasteiger partial charge is 1.00 e. The summed E-state index contributed by atoms with van der Waals surface area (Å²) in [6, 6.07) is 0. The van der Waals surface area contributed by atoms with Gasteiger partial charge in [-0.2, -0.15) is 8.42 Å². The van der Waals surface area contributed by atoms with Crippen molar-refractivity contribution < 1.29 is 22.2 Å². The van der Waals surface area contributed by atoms with Crippen molar-refractivity contribution in [2.75, 3.05) is 31.9 Å². The summed E-state index contributed by atoms with van der Waals surface area (Å²) in [7, 11) is -3.72. The summed E-state index contributed by atoms with van der Waals surface area (Å²) in [6.45, 7) is 21.0. The van der Waals surface area contributed by atoms with E-state index < -0.39 is 10.1 Å². The fourth-order valence-corrected chi connectivity index (χ4v) is 3.18. The molecule has 0 aromatic carbocycles. The number of nitrogens with zero attached hydrogens (tertiary/aromatic N) is 1. The highest BCUT2D eigenvalue weighted by Crippen LogP contribution is 2.08. The fourth-order valence-electron chi connectivity index (χ4n) is 2.61. The predicted octanol–water partition coefficient (Wildman–Crippen LogP) is 1.79. The zero-order valence-corrected chi connectivity index (χ0v) is 17.2. The maximum atomic E-state index is 10.3. The molecule has 0 aliphatic heterocycles. The molecule has 0 radical (unpaired) electrons. The second-order valence-electron chi connectivity index (χ2n) is 6.28. The quantitative estimate of drug-likeness (QED) is 0.200. The molecule has 0 unspecified atom stereocenters. The van der Waals surface area contributed by atoms with Crippen LogP contribution in [0.3, 0.4) is 0 Å². The highest BCUT2D eigenvalue weighted by atomic mass is 32.2. The monoisotopic (exact) mass is 391 g/mol. The average molecular weight is 392 g/mol. The molecule has 6 heteroatoms. The Morgan fingerprint density at radius 3 is 1.42 bits per heavy atom. The first-order valence-electron chi connectivity index (χ1n) is 9.04. The first-order chi connectivity index (χ1) is 11.8. The summed E-state index contributed by atoms with van der Waals surface area (Å²) in [5, 5.41) is 0. The van der Waals surface area contributed by atoms with Crippen LogP contribution in [0.25, 0.3) is 0 Å². The van der Waals surface area contributed by atoms with Gasteiger partial charge < -0.3 is 9.19 Å². The third-order valence-corrected chi connectivity index (χ3v) is 4.63. The first-order valence-corrected chi connectivity index (χ1v) is 10.7. The van der Waals surface area contributed by atoms with E-state index >= 15 is 0 Å². The zero-order chi connectivity index (χ0) is 19.6. The molecule has 0 atom stereocenters. The summed E-state index contributed by atoms with van der Waals surface area (Å²) in [6.07, 6.45) is 13.9. The third-order valence-electron chi connectivity index (χ3n) is 3.82. The molecule has 4 nitrogen and oxygen atoms in total. The molecular weight excluding hydrogens is 353 g/mol. The Labute approximate surface area is 160 Å². The second kappa shape index (κ2) is 18.5. The van der Waals surface area contributed by atoms with Gasteiger partial charge in [0.2, 0.25) is 0 Å². The number of hydrogen-bond acceptors (Lipinski definition) is 2. The van der Waals surface area contributed by atoms with E-state index in [1.807, 2.05) is 24.3 Å². The van der Waals surface area contributed by atoms with E-state index in [2.05, 4.69) is 33.2 Å². The SMILES string of the molecule is C=CC[N+](CC=C)(CC=C)CC=C.CCCCCCCCS(=O)(=O)O.[F-]. The van der Waals surface area contributed by atoms with Crippen LogP contribution >= 0.6 is 0 Å². The van der Waals surface area contributed by atoms with Gasteiger partial charge in [0.25, 0.3) is 10.1 Å². The van der Waals surface area contributed by atoms with Gasteiger partial charge in [0, 0.05) is 0 Å². The van der Waals surface area contributed by atoms with Crippen molar-refractivity contribution in [1.82, 2.24) is 0 Å². The minimum absolute atomic E-state index is 0. The average Bonchev–Trinajstić information content (AvgIpc) is 2.51.